The lowest BCUT2D eigenvalue weighted by Gasteiger charge is -2.37. The van der Waals surface area contributed by atoms with Crippen LogP contribution in [0.3, 0.4) is 0 Å². The first-order valence-electron chi connectivity index (χ1n) is 6.48. The zero-order valence-electron chi connectivity index (χ0n) is 10.4. The molecular formula is C13H23NO2. The topological polar surface area (TPSA) is 29.5 Å². The molecule has 1 heterocycles. The molecule has 92 valence electrons. The Balaban J connectivity index is 1.84. The third-order valence-electron chi connectivity index (χ3n) is 4.19. The third kappa shape index (κ3) is 2.64. The lowest BCUT2D eigenvalue weighted by Crippen LogP contribution is -2.45. The maximum atomic E-state index is 11.6. The van der Waals surface area contributed by atoms with E-state index in [2.05, 4.69) is 11.8 Å². The Bertz CT molecular complexity index is 254. The average molecular weight is 225 g/mol. The molecule has 0 amide bonds. The maximum Gasteiger partial charge on any atom is 0.137 e. The minimum atomic E-state index is 0.311. The van der Waals surface area contributed by atoms with Crippen LogP contribution in [0, 0.1) is 11.8 Å². The summed E-state index contributed by atoms with van der Waals surface area (Å²) in [5.41, 5.74) is 0. The minimum Gasteiger partial charge on any atom is -0.380 e. The summed E-state index contributed by atoms with van der Waals surface area (Å²) in [5, 5.41) is 0. The zero-order valence-corrected chi connectivity index (χ0v) is 10.4. The number of piperidine rings is 1. The second-order valence-electron chi connectivity index (χ2n) is 5.36. The summed E-state index contributed by atoms with van der Waals surface area (Å²) >= 11 is 0. The summed E-state index contributed by atoms with van der Waals surface area (Å²) in [6, 6.07) is 0. The Kier molecular flexibility index (Phi) is 3.98. The molecule has 1 saturated carbocycles. The Labute approximate surface area is 98.1 Å². The Morgan fingerprint density at radius 3 is 2.88 bits per heavy atom. The summed E-state index contributed by atoms with van der Waals surface area (Å²) in [6.07, 6.45) is 4.55. The molecule has 3 atom stereocenters. The molecule has 0 aromatic rings. The largest absolute Gasteiger partial charge is 0.380 e. The number of carbonyl (C=O) groups excluding carboxylic acids is 1. The van der Waals surface area contributed by atoms with E-state index < -0.39 is 0 Å². The van der Waals surface area contributed by atoms with E-state index in [1.807, 2.05) is 0 Å². The van der Waals surface area contributed by atoms with Gasteiger partial charge in [-0.3, -0.25) is 4.79 Å². The second kappa shape index (κ2) is 5.28. The molecule has 2 fully saturated rings. The first-order valence-corrected chi connectivity index (χ1v) is 6.48. The molecule has 16 heavy (non-hydrogen) atoms. The summed E-state index contributed by atoms with van der Waals surface area (Å²) in [4.78, 5) is 14.0. The van der Waals surface area contributed by atoms with Gasteiger partial charge >= 0.3 is 0 Å². The van der Waals surface area contributed by atoms with Gasteiger partial charge in [0.15, 0.2) is 0 Å². The van der Waals surface area contributed by atoms with Crippen molar-refractivity contribution in [1.82, 2.24) is 4.90 Å². The van der Waals surface area contributed by atoms with Gasteiger partial charge in [0.2, 0.25) is 0 Å². The highest BCUT2D eigenvalue weighted by Crippen LogP contribution is 2.25. The zero-order chi connectivity index (χ0) is 11.5. The molecule has 3 nitrogen and oxygen atoms in total. The normalized spacial score (nSPS) is 36.9. The van der Waals surface area contributed by atoms with Crippen molar-refractivity contribution in [3.8, 4) is 0 Å². The van der Waals surface area contributed by atoms with E-state index in [1.165, 1.54) is 6.42 Å². The van der Waals surface area contributed by atoms with Crippen LogP contribution < -0.4 is 0 Å². The van der Waals surface area contributed by atoms with E-state index in [-0.39, 0.29) is 0 Å². The van der Waals surface area contributed by atoms with Gasteiger partial charge in [0.25, 0.3) is 0 Å². The summed E-state index contributed by atoms with van der Waals surface area (Å²) in [7, 11) is 1.80. The van der Waals surface area contributed by atoms with Gasteiger partial charge in [0, 0.05) is 32.5 Å². The van der Waals surface area contributed by atoms with E-state index in [9.17, 15) is 4.79 Å². The van der Waals surface area contributed by atoms with Crippen molar-refractivity contribution >= 4 is 5.78 Å². The summed E-state index contributed by atoms with van der Waals surface area (Å²) < 4.78 is 5.50. The van der Waals surface area contributed by atoms with Crippen molar-refractivity contribution in [2.24, 2.45) is 11.8 Å². The van der Waals surface area contributed by atoms with Gasteiger partial charge in [0.1, 0.15) is 5.78 Å². The number of methoxy groups -OCH3 is 1. The minimum absolute atomic E-state index is 0.311. The number of hydrogen-bond donors (Lipinski definition) is 0. The molecule has 2 aliphatic rings. The number of nitrogens with zero attached hydrogens (tertiary/aromatic N) is 1. The highest BCUT2D eigenvalue weighted by molar-refractivity contribution is 5.83. The SMILES string of the molecule is COC1CN(CC2CCCC2=O)CCC1C. The Morgan fingerprint density at radius 1 is 1.44 bits per heavy atom. The number of hydrogen-bond acceptors (Lipinski definition) is 3. The summed E-state index contributed by atoms with van der Waals surface area (Å²) in [5.74, 6) is 1.44. The van der Waals surface area contributed by atoms with Crippen LogP contribution in [0.4, 0.5) is 0 Å². The molecule has 1 aliphatic heterocycles. The maximum absolute atomic E-state index is 11.6. The second-order valence-corrected chi connectivity index (χ2v) is 5.36. The molecule has 0 aromatic heterocycles. The number of ether oxygens (including phenoxy) is 1. The molecule has 0 bridgehead atoms. The molecule has 2 rings (SSSR count). The van der Waals surface area contributed by atoms with Crippen LogP contribution in [0.25, 0.3) is 0 Å². The number of Topliss-reactive ketones (excluding diaryl/α,β-unsaturated/α-hetero) is 1. The van der Waals surface area contributed by atoms with Crippen LogP contribution in [0.15, 0.2) is 0 Å². The number of ketones is 1. The lowest BCUT2D eigenvalue weighted by atomic mass is 9.94. The molecule has 3 heteroatoms. The molecule has 0 spiro atoms. The van der Waals surface area contributed by atoms with Gasteiger partial charge in [-0.15, -0.1) is 0 Å². The van der Waals surface area contributed by atoms with Crippen molar-refractivity contribution in [2.45, 2.75) is 38.7 Å². The van der Waals surface area contributed by atoms with Crippen LogP contribution in [0.1, 0.15) is 32.6 Å². The molecule has 1 saturated heterocycles. The number of carbonyl (C=O) groups is 1. The highest BCUT2D eigenvalue weighted by Gasteiger charge is 2.31. The van der Waals surface area contributed by atoms with Crippen molar-refractivity contribution in [2.75, 3.05) is 26.7 Å². The van der Waals surface area contributed by atoms with Gasteiger partial charge in [-0.2, -0.15) is 0 Å². The fourth-order valence-corrected chi connectivity index (χ4v) is 2.96. The van der Waals surface area contributed by atoms with Gasteiger partial charge in [-0.25, -0.2) is 0 Å². The molecule has 3 unspecified atom stereocenters. The predicted octanol–water partition coefficient (Wildman–Crippen LogP) is 1.71. The quantitative estimate of drug-likeness (QED) is 0.732. The van der Waals surface area contributed by atoms with Crippen LogP contribution in [0.2, 0.25) is 0 Å². The molecule has 1 aliphatic carbocycles. The van der Waals surface area contributed by atoms with Gasteiger partial charge in [-0.05, 0) is 31.7 Å². The standard InChI is InChI=1S/C13H23NO2/c1-10-6-7-14(9-13(10)16-2)8-11-4-3-5-12(11)15/h10-11,13H,3-9H2,1-2H3. The van der Waals surface area contributed by atoms with Crippen molar-refractivity contribution in [3.63, 3.8) is 0 Å². The first-order chi connectivity index (χ1) is 7.70. The Morgan fingerprint density at radius 2 is 2.25 bits per heavy atom. The van der Waals surface area contributed by atoms with Gasteiger partial charge in [-0.1, -0.05) is 6.92 Å². The van der Waals surface area contributed by atoms with E-state index in [1.54, 1.807) is 7.11 Å². The van der Waals surface area contributed by atoms with Gasteiger partial charge in [0.05, 0.1) is 6.10 Å². The van der Waals surface area contributed by atoms with E-state index in [4.69, 9.17) is 4.74 Å². The monoisotopic (exact) mass is 225 g/mol. The number of likely N-dealkylation sites (tertiary alicyclic amines) is 1. The van der Waals surface area contributed by atoms with Crippen LogP contribution in [0.5, 0.6) is 0 Å². The predicted molar refractivity (Wildman–Crippen MR) is 63.4 cm³/mol. The van der Waals surface area contributed by atoms with Crippen LogP contribution in [-0.4, -0.2) is 43.5 Å². The summed E-state index contributed by atoms with van der Waals surface area (Å²) in [6.45, 7) is 5.35. The van der Waals surface area contributed by atoms with Crippen molar-refractivity contribution in [1.29, 1.82) is 0 Å². The van der Waals surface area contributed by atoms with Crippen molar-refractivity contribution < 1.29 is 9.53 Å². The van der Waals surface area contributed by atoms with E-state index >= 15 is 0 Å². The molecule has 0 aromatic carbocycles. The first kappa shape index (κ1) is 12.1. The third-order valence-corrected chi connectivity index (χ3v) is 4.19. The molecule has 0 radical (unpaired) electrons. The van der Waals surface area contributed by atoms with Crippen LogP contribution >= 0.6 is 0 Å². The van der Waals surface area contributed by atoms with Crippen LogP contribution in [-0.2, 0) is 9.53 Å². The molecule has 0 N–H and O–H groups in total. The van der Waals surface area contributed by atoms with E-state index in [0.717, 1.165) is 38.9 Å². The fourth-order valence-electron chi connectivity index (χ4n) is 2.96. The van der Waals surface area contributed by atoms with E-state index in [0.29, 0.717) is 23.7 Å². The smallest absolute Gasteiger partial charge is 0.137 e. The van der Waals surface area contributed by atoms with Gasteiger partial charge < -0.3 is 9.64 Å². The van der Waals surface area contributed by atoms with Crippen molar-refractivity contribution in [3.05, 3.63) is 0 Å². The fraction of sp³-hybridized carbons (Fsp3) is 0.923. The average Bonchev–Trinajstić information content (AvgIpc) is 2.67. The molecular weight excluding hydrogens is 202 g/mol. The lowest BCUT2D eigenvalue weighted by molar-refractivity contribution is -0.121. The number of rotatable bonds is 3. The Hall–Kier alpha value is -0.410. The highest BCUT2D eigenvalue weighted by atomic mass is 16.5.